The lowest BCUT2D eigenvalue weighted by atomic mass is 9.96. The molecule has 0 aromatic heterocycles. The van der Waals surface area contributed by atoms with Crippen LogP contribution in [0.4, 0.5) is 24.5 Å². The number of rotatable bonds is 3. The third-order valence-corrected chi connectivity index (χ3v) is 2.51. The summed E-state index contributed by atoms with van der Waals surface area (Å²) >= 11 is 0. The SMILES string of the molecule is CC(C)(C)C(=O)NNc1ccc(C(F)(F)F)cc1[N+](=O)[O-]. The second kappa shape index (κ2) is 5.58. The van der Waals surface area contributed by atoms with Crippen LogP contribution in [0.3, 0.4) is 0 Å². The van der Waals surface area contributed by atoms with E-state index in [-0.39, 0.29) is 5.69 Å². The van der Waals surface area contributed by atoms with E-state index < -0.39 is 33.7 Å². The van der Waals surface area contributed by atoms with Gasteiger partial charge in [0.1, 0.15) is 5.69 Å². The molecule has 0 radical (unpaired) electrons. The lowest BCUT2D eigenvalue weighted by Gasteiger charge is -2.18. The number of anilines is 1. The first-order chi connectivity index (χ1) is 9.43. The predicted molar refractivity (Wildman–Crippen MR) is 69.3 cm³/mol. The fourth-order valence-electron chi connectivity index (χ4n) is 1.28. The molecule has 0 saturated carbocycles. The van der Waals surface area contributed by atoms with E-state index in [9.17, 15) is 28.1 Å². The summed E-state index contributed by atoms with van der Waals surface area (Å²) in [4.78, 5) is 21.5. The number of nitrogens with zero attached hydrogens (tertiary/aromatic N) is 1. The monoisotopic (exact) mass is 305 g/mol. The Morgan fingerprint density at radius 3 is 2.24 bits per heavy atom. The third-order valence-electron chi connectivity index (χ3n) is 2.51. The summed E-state index contributed by atoms with van der Waals surface area (Å²) in [7, 11) is 0. The van der Waals surface area contributed by atoms with Gasteiger partial charge >= 0.3 is 6.18 Å². The first-order valence-corrected chi connectivity index (χ1v) is 5.85. The molecule has 1 aromatic rings. The van der Waals surface area contributed by atoms with Crippen LogP contribution in [0.5, 0.6) is 0 Å². The molecule has 21 heavy (non-hydrogen) atoms. The molecule has 0 spiro atoms. The summed E-state index contributed by atoms with van der Waals surface area (Å²) in [6.07, 6.45) is -4.68. The van der Waals surface area contributed by atoms with E-state index in [1.807, 2.05) is 0 Å². The van der Waals surface area contributed by atoms with Crippen molar-refractivity contribution in [1.29, 1.82) is 0 Å². The molecule has 0 unspecified atom stereocenters. The van der Waals surface area contributed by atoms with Crippen molar-refractivity contribution in [2.24, 2.45) is 5.41 Å². The molecule has 1 amide bonds. The number of hydrogen-bond acceptors (Lipinski definition) is 4. The minimum atomic E-state index is -4.68. The van der Waals surface area contributed by atoms with Gasteiger partial charge < -0.3 is 0 Å². The van der Waals surface area contributed by atoms with E-state index >= 15 is 0 Å². The fourth-order valence-corrected chi connectivity index (χ4v) is 1.28. The van der Waals surface area contributed by atoms with E-state index in [1.54, 1.807) is 20.8 Å². The van der Waals surface area contributed by atoms with Gasteiger partial charge in [0.15, 0.2) is 0 Å². The molecule has 0 heterocycles. The molecule has 0 aliphatic rings. The van der Waals surface area contributed by atoms with E-state index in [0.29, 0.717) is 12.1 Å². The average molecular weight is 305 g/mol. The number of amides is 1. The number of benzene rings is 1. The molecular weight excluding hydrogens is 291 g/mol. The Hall–Kier alpha value is -2.32. The van der Waals surface area contributed by atoms with Crippen molar-refractivity contribution in [3.63, 3.8) is 0 Å². The fraction of sp³-hybridized carbons (Fsp3) is 0.417. The Kier molecular flexibility index (Phi) is 4.45. The molecule has 0 aliphatic heterocycles. The Labute approximate surface area is 118 Å². The standard InChI is InChI=1S/C12H14F3N3O3/c1-11(2,3)10(19)17-16-8-5-4-7(12(13,14)15)6-9(8)18(20)21/h4-6,16H,1-3H3,(H,17,19). The summed E-state index contributed by atoms with van der Waals surface area (Å²) in [5.74, 6) is -0.461. The van der Waals surface area contributed by atoms with Crippen LogP contribution in [0.15, 0.2) is 18.2 Å². The second-order valence-corrected chi connectivity index (χ2v) is 5.32. The van der Waals surface area contributed by atoms with Crippen LogP contribution in [-0.2, 0) is 11.0 Å². The highest BCUT2D eigenvalue weighted by atomic mass is 19.4. The van der Waals surface area contributed by atoms with E-state index in [2.05, 4.69) is 10.9 Å². The van der Waals surface area contributed by atoms with Crippen molar-refractivity contribution in [1.82, 2.24) is 5.43 Å². The average Bonchev–Trinajstić information content (AvgIpc) is 2.33. The van der Waals surface area contributed by atoms with Gasteiger partial charge in [-0.1, -0.05) is 20.8 Å². The van der Waals surface area contributed by atoms with Crippen molar-refractivity contribution in [2.75, 3.05) is 5.43 Å². The smallest absolute Gasteiger partial charge is 0.292 e. The first-order valence-electron chi connectivity index (χ1n) is 5.85. The van der Waals surface area contributed by atoms with Gasteiger partial charge in [0.05, 0.1) is 10.5 Å². The van der Waals surface area contributed by atoms with Gasteiger partial charge in [0, 0.05) is 11.5 Å². The van der Waals surface area contributed by atoms with Crippen LogP contribution < -0.4 is 10.9 Å². The van der Waals surface area contributed by atoms with E-state index in [4.69, 9.17) is 0 Å². The summed E-state index contributed by atoms with van der Waals surface area (Å²) in [6, 6.07) is 1.99. The highest BCUT2D eigenvalue weighted by Gasteiger charge is 2.33. The van der Waals surface area contributed by atoms with Crippen molar-refractivity contribution >= 4 is 17.3 Å². The molecule has 6 nitrogen and oxygen atoms in total. The van der Waals surface area contributed by atoms with Crippen LogP contribution in [0.1, 0.15) is 26.3 Å². The number of hydrazine groups is 1. The molecule has 116 valence electrons. The number of nitrogens with one attached hydrogen (secondary N) is 2. The summed E-state index contributed by atoms with van der Waals surface area (Å²) < 4.78 is 37.6. The molecule has 2 N–H and O–H groups in total. The topological polar surface area (TPSA) is 84.3 Å². The number of carbonyl (C=O) groups excluding carboxylic acids is 1. The number of carbonyl (C=O) groups is 1. The molecular formula is C12H14F3N3O3. The maximum Gasteiger partial charge on any atom is 0.416 e. The normalized spacial score (nSPS) is 11.9. The molecule has 0 atom stereocenters. The lowest BCUT2D eigenvalue weighted by Crippen LogP contribution is -2.38. The Morgan fingerprint density at radius 2 is 1.81 bits per heavy atom. The molecule has 0 saturated heterocycles. The van der Waals surface area contributed by atoms with Gasteiger partial charge in [-0.2, -0.15) is 13.2 Å². The number of halogens is 3. The van der Waals surface area contributed by atoms with Crippen molar-refractivity contribution in [3.8, 4) is 0 Å². The van der Waals surface area contributed by atoms with Crippen LogP contribution in [-0.4, -0.2) is 10.8 Å². The summed E-state index contributed by atoms with van der Waals surface area (Å²) in [5, 5.41) is 10.8. The zero-order chi connectivity index (χ0) is 16.4. The van der Waals surface area contributed by atoms with E-state index in [0.717, 1.165) is 6.07 Å². The lowest BCUT2D eigenvalue weighted by molar-refractivity contribution is -0.384. The van der Waals surface area contributed by atoms with Gasteiger partial charge in [-0.25, -0.2) is 0 Å². The highest BCUT2D eigenvalue weighted by Crippen LogP contribution is 2.34. The zero-order valence-corrected chi connectivity index (χ0v) is 11.5. The second-order valence-electron chi connectivity index (χ2n) is 5.32. The predicted octanol–water partition coefficient (Wildman–Crippen LogP) is 3.10. The Bertz CT molecular complexity index is 565. The summed E-state index contributed by atoms with van der Waals surface area (Å²) in [5.41, 5.74) is 1.59. The third kappa shape index (κ3) is 4.33. The number of nitro benzene ring substituents is 1. The zero-order valence-electron chi connectivity index (χ0n) is 11.5. The number of nitro groups is 1. The van der Waals surface area contributed by atoms with Crippen LogP contribution in [0.2, 0.25) is 0 Å². The molecule has 0 fully saturated rings. The van der Waals surface area contributed by atoms with Gasteiger partial charge in [-0.3, -0.25) is 25.8 Å². The van der Waals surface area contributed by atoms with Gasteiger partial charge in [-0.15, -0.1) is 0 Å². The van der Waals surface area contributed by atoms with Crippen LogP contribution >= 0.6 is 0 Å². The molecule has 0 bridgehead atoms. The number of hydrogen-bond donors (Lipinski definition) is 2. The van der Waals surface area contributed by atoms with Gasteiger partial charge in [-0.05, 0) is 12.1 Å². The van der Waals surface area contributed by atoms with Crippen molar-refractivity contribution < 1.29 is 22.9 Å². The maximum atomic E-state index is 12.5. The van der Waals surface area contributed by atoms with Gasteiger partial charge in [0.25, 0.3) is 5.69 Å². The maximum absolute atomic E-state index is 12.5. The first kappa shape index (κ1) is 16.7. The van der Waals surface area contributed by atoms with Crippen molar-refractivity contribution in [2.45, 2.75) is 26.9 Å². The van der Waals surface area contributed by atoms with Crippen LogP contribution in [0.25, 0.3) is 0 Å². The number of alkyl halides is 3. The quantitative estimate of drug-likeness (QED) is 0.664. The largest absolute Gasteiger partial charge is 0.416 e. The molecule has 9 heteroatoms. The molecule has 1 aromatic carbocycles. The Morgan fingerprint density at radius 1 is 1.24 bits per heavy atom. The summed E-state index contributed by atoms with van der Waals surface area (Å²) in [6.45, 7) is 4.85. The highest BCUT2D eigenvalue weighted by molar-refractivity contribution is 5.83. The molecule has 0 aliphatic carbocycles. The minimum Gasteiger partial charge on any atom is -0.292 e. The van der Waals surface area contributed by atoms with E-state index in [1.165, 1.54) is 0 Å². The van der Waals surface area contributed by atoms with Gasteiger partial charge in [0.2, 0.25) is 5.91 Å². The Balaban J connectivity index is 3.03. The minimum absolute atomic E-state index is 0.231. The van der Waals surface area contributed by atoms with Crippen LogP contribution in [0, 0.1) is 15.5 Å². The van der Waals surface area contributed by atoms with Crippen molar-refractivity contribution in [3.05, 3.63) is 33.9 Å². The molecule has 1 rings (SSSR count).